The van der Waals surface area contributed by atoms with Gasteiger partial charge in [-0.15, -0.1) is 0 Å². The Morgan fingerprint density at radius 3 is 2.71 bits per heavy atom. The molecule has 0 radical (unpaired) electrons. The molecule has 0 fully saturated rings. The van der Waals surface area contributed by atoms with Crippen LogP contribution in [0.25, 0.3) is 0 Å². The molecule has 2 heterocycles. The number of fused-ring (bicyclic) bond motifs is 2. The van der Waals surface area contributed by atoms with Crippen LogP contribution in [0, 0.1) is 18.7 Å². The van der Waals surface area contributed by atoms with E-state index in [2.05, 4.69) is 40.5 Å². The Kier molecular flexibility index (Phi) is 3.86. The molecule has 6 heteroatoms. The quantitative estimate of drug-likeness (QED) is 0.737. The van der Waals surface area contributed by atoms with Gasteiger partial charge >= 0.3 is 0 Å². The number of hydrogen-bond donors (Lipinski definition) is 1. The molecule has 3 atom stereocenters. The van der Waals surface area contributed by atoms with Gasteiger partial charge in [-0.3, -0.25) is 4.79 Å². The van der Waals surface area contributed by atoms with Crippen molar-refractivity contribution in [2.24, 2.45) is 5.92 Å². The fourth-order valence-corrected chi connectivity index (χ4v) is 4.37. The highest BCUT2D eigenvalue weighted by molar-refractivity contribution is 5.88. The first-order chi connectivity index (χ1) is 13.6. The Morgan fingerprint density at radius 1 is 1.14 bits per heavy atom. The number of ketones is 1. The Bertz CT molecular complexity index is 1090. The molecule has 1 aliphatic carbocycles. The number of carbonyl (C=O) groups is 1. The fraction of sp³-hybridized carbons (Fsp3) is 0.227. The van der Waals surface area contributed by atoms with Gasteiger partial charge in [-0.25, -0.2) is 9.07 Å². The van der Waals surface area contributed by atoms with E-state index in [-0.39, 0.29) is 29.5 Å². The molecule has 0 saturated carbocycles. The van der Waals surface area contributed by atoms with Gasteiger partial charge in [-0.1, -0.05) is 42.5 Å². The number of hydrogen-bond acceptors (Lipinski definition) is 4. The minimum atomic E-state index is -0.389. The maximum atomic E-state index is 13.5. The molecule has 1 N–H and O–H groups in total. The second-order valence-corrected chi connectivity index (χ2v) is 7.38. The van der Waals surface area contributed by atoms with E-state index in [0.717, 1.165) is 16.8 Å². The van der Waals surface area contributed by atoms with E-state index in [0.29, 0.717) is 12.4 Å². The largest absolute Gasteiger partial charge is 0.328 e. The predicted octanol–water partition coefficient (Wildman–Crippen LogP) is 4.00. The van der Waals surface area contributed by atoms with E-state index >= 15 is 0 Å². The Balaban J connectivity index is 1.62. The SMILES string of the molecule is Cc1ccccc1C1C=C2Nc3ncnn3C(c3ccc(F)cc3)C2C(=O)C1. The number of carbonyl (C=O) groups excluding carboxylic acids is 1. The number of nitrogens with one attached hydrogen (secondary N) is 1. The minimum Gasteiger partial charge on any atom is -0.328 e. The van der Waals surface area contributed by atoms with E-state index in [1.54, 1.807) is 16.8 Å². The third-order valence-corrected chi connectivity index (χ3v) is 5.69. The van der Waals surface area contributed by atoms with Crippen molar-refractivity contribution in [2.45, 2.75) is 25.3 Å². The van der Waals surface area contributed by atoms with Gasteiger partial charge in [0.1, 0.15) is 17.9 Å². The standard InChI is InChI=1S/C22H19FN4O/c1-13-4-2-3-5-17(13)15-10-18-20(19(28)11-15)21(14-6-8-16(23)9-7-14)27-22(26-18)24-12-25-27/h2-10,12,15,20-21H,11H2,1H3,(H,24,25,26). The first kappa shape index (κ1) is 16.9. The van der Waals surface area contributed by atoms with E-state index in [4.69, 9.17) is 0 Å². The molecule has 0 saturated heterocycles. The van der Waals surface area contributed by atoms with Crippen LogP contribution in [0.1, 0.15) is 35.1 Å². The molecule has 0 bridgehead atoms. The maximum absolute atomic E-state index is 13.5. The Morgan fingerprint density at radius 2 is 1.93 bits per heavy atom. The monoisotopic (exact) mass is 374 g/mol. The third kappa shape index (κ3) is 2.64. The number of aryl methyl sites for hydroxylation is 1. The summed E-state index contributed by atoms with van der Waals surface area (Å²) in [5.41, 5.74) is 4.02. The van der Waals surface area contributed by atoms with Crippen LogP contribution in [0.5, 0.6) is 0 Å². The van der Waals surface area contributed by atoms with Gasteiger partial charge < -0.3 is 5.32 Å². The molecule has 1 aromatic heterocycles. The van der Waals surface area contributed by atoms with Crippen LogP contribution in [0.4, 0.5) is 10.3 Å². The van der Waals surface area contributed by atoms with Crippen molar-refractivity contribution < 1.29 is 9.18 Å². The minimum absolute atomic E-state index is 0.0239. The van der Waals surface area contributed by atoms with E-state index in [1.165, 1.54) is 24.0 Å². The second kappa shape index (κ2) is 6.41. The lowest BCUT2D eigenvalue weighted by atomic mass is 9.75. The normalized spacial score (nSPS) is 23.4. The smallest absolute Gasteiger partial charge is 0.226 e. The lowest BCUT2D eigenvalue weighted by Gasteiger charge is -2.38. The number of rotatable bonds is 2. The summed E-state index contributed by atoms with van der Waals surface area (Å²) < 4.78 is 15.2. The maximum Gasteiger partial charge on any atom is 0.226 e. The average molecular weight is 374 g/mol. The van der Waals surface area contributed by atoms with Crippen molar-refractivity contribution in [1.29, 1.82) is 0 Å². The van der Waals surface area contributed by atoms with Crippen molar-refractivity contribution in [1.82, 2.24) is 14.8 Å². The molecular weight excluding hydrogens is 355 g/mol. The first-order valence-corrected chi connectivity index (χ1v) is 9.34. The van der Waals surface area contributed by atoms with Gasteiger partial charge in [0.2, 0.25) is 5.95 Å². The number of allylic oxidation sites excluding steroid dienone is 2. The second-order valence-electron chi connectivity index (χ2n) is 7.38. The molecule has 3 aromatic rings. The summed E-state index contributed by atoms with van der Waals surface area (Å²) in [5.74, 6) is 0.0707. The molecule has 28 heavy (non-hydrogen) atoms. The summed E-state index contributed by atoms with van der Waals surface area (Å²) in [4.78, 5) is 17.6. The molecule has 1 aliphatic heterocycles. The molecule has 5 nitrogen and oxygen atoms in total. The highest BCUT2D eigenvalue weighted by Crippen LogP contribution is 2.44. The summed E-state index contributed by atoms with van der Waals surface area (Å²) >= 11 is 0. The van der Waals surface area contributed by atoms with Crippen molar-refractivity contribution >= 4 is 11.7 Å². The number of Topliss-reactive ketones (excluding diaryl/α,β-unsaturated/α-hetero) is 1. The van der Waals surface area contributed by atoms with Crippen LogP contribution >= 0.6 is 0 Å². The molecular formula is C22H19FN4O. The summed E-state index contributed by atoms with van der Waals surface area (Å²) in [5, 5.41) is 7.62. The number of benzene rings is 2. The van der Waals surface area contributed by atoms with Gasteiger partial charge in [0.15, 0.2) is 0 Å². The summed E-state index contributed by atoms with van der Waals surface area (Å²) in [7, 11) is 0. The lowest BCUT2D eigenvalue weighted by molar-refractivity contribution is -0.123. The summed E-state index contributed by atoms with van der Waals surface area (Å²) in [6.45, 7) is 2.07. The van der Waals surface area contributed by atoms with Crippen LogP contribution in [0.2, 0.25) is 0 Å². The van der Waals surface area contributed by atoms with Crippen molar-refractivity contribution in [2.75, 3.05) is 5.32 Å². The number of halogens is 1. The molecule has 140 valence electrons. The zero-order valence-electron chi connectivity index (χ0n) is 15.3. The first-order valence-electron chi connectivity index (χ1n) is 9.34. The van der Waals surface area contributed by atoms with Crippen LogP contribution < -0.4 is 5.32 Å². The van der Waals surface area contributed by atoms with Crippen LogP contribution in [0.3, 0.4) is 0 Å². The Hall–Kier alpha value is -3.28. The predicted molar refractivity (Wildman–Crippen MR) is 103 cm³/mol. The average Bonchev–Trinajstić information content (AvgIpc) is 3.15. The highest BCUT2D eigenvalue weighted by atomic mass is 19.1. The van der Waals surface area contributed by atoms with Crippen molar-refractivity contribution in [3.05, 3.63) is 89.1 Å². The van der Waals surface area contributed by atoms with Crippen molar-refractivity contribution in [3.63, 3.8) is 0 Å². The lowest BCUT2D eigenvalue weighted by Crippen LogP contribution is -2.40. The molecule has 3 unspecified atom stereocenters. The Labute approximate surface area is 161 Å². The van der Waals surface area contributed by atoms with Crippen LogP contribution in [-0.4, -0.2) is 20.5 Å². The summed E-state index contributed by atoms with van der Waals surface area (Å²) in [6.07, 6.45) is 4.05. The van der Waals surface area contributed by atoms with E-state index in [1.807, 2.05) is 12.1 Å². The molecule has 0 spiro atoms. The topological polar surface area (TPSA) is 59.8 Å². The van der Waals surface area contributed by atoms with Gasteiger partial charge in [0.05, 0.1) is 12.0 Å². The number of anilines is 1. The summed E-state index contributed by atoms with van der Waals surface area (Å²) in [6, 6.07) is 14.1. The van der Waals surface area contributed by atoms with Gasteiger partial charge in [0.25, 0.3) is 0 Å². The third-order valence-electron chi connectivity index (χ3n) is 5.69. The molecule has 5 rings (SSSR count). The van der Waals surface area contributed by atoms with Gasteiger partial charge in [-0.2, -0.15) is 10.1 Å². The van der Waals surface area contributed by atoms with E-state index in [9.17, 15) is 9.18 Å². The molecule has 2 aliphatic rings. The number of nitrogens with zero attached hydrogens (tertiary/aromatic N) is 3. The zero-order valence-corrected chi connectivity index (χ0v) is 15.3. The van der Waals surface area contributed by atoms with Gasteiger partial charge in [-0.05, 0) is 35.7 Å². The van der Waals surface area contributed by atoms with E-state index < -0.39 is 0 Å². The zero-order chi connectivity index (χ0) is 19.3. The highest BCUT2D eigenvalue weighted by Gasteiger charge is 2.43. The fourth-order valence-electron chi connectivity index (χ4n) is 4.37. The van der Waals surface area contributed by atoms with Crippen LogP contribution in [-0.2, 0) is 4.79 Å². The van der Waals surface area contributed by atoms with Gasteiger partial charge in [0, 0.05) is 18.0 Å². The van der Waals surface area contributed by atoms with Crippen LogP contribution in [0.15, 0.2) is 66.6 Å². The molecule has 0 amide bonds. The molecule has 2 aromatic carbocycles. The van der Waals surface area contributed by atoms with Crippen molar-refractivity contribution in [3.8, 4) is 0 Å². The number of aromatic nitrogens is 3.